The van der Waals surface area contributed by atoms with Crippen LogP contribution >= 0.6 is 23.7 Å². The zero-order chi connectivity index (χ0) is 12.3. The Morgan fingerprint density at radius 3 is 3.00 bits per heavy atom. The number of hydrogen-bond acceptors (Lipinski definition) is 3. The summed E-state index contributed by atoms with van der Waals surface area (Å²) in [5.41, 5.74) is 5.71. The number of nitrogens with one attached hydrogen (secondary N) is 1. The van der Waals surface area contributed by atoms with Crippen molar-refractivity contribution in [3.8, 4) is 0 Å². The molecule has 3 N–H and O–H groups in total. The first-order valence-corrected chi connectivity index (χ1v) is 7.14. The minimum absolute atomic E-state index is 0. The lowest BCUT2D eigenvalue weighted by Crippen LogP contribution is -2.36. The van der Waals surface area contributed by atoms with E-state index in [9.17, 15) is 4.79 Å². The smallest absolute Gasteiger partial charge is 0.223 e. The SMILES string of the molecule is CC(NC(=O)[C@@H]1CCC[C@@H]1CN)c1cccs1.Cl. The van der Waals surface area contributed by atoms with Crippen molar-refractivity contribution in [2.24, 2.45) is 17.6 Å². The van der Waals surface area contributed by atoms with E-state index in [1.54, 1.807) is 11.3 Å². The summed E-state index contributed by atoms with van der Waals surface area (Å²) in [6, 6.07) is 4.19. The third kappa shape index (κ3) is 3.46. The van der Waals surface area contributed by atoms with Gasteiger partial charge in [0.2, 0.25) is 5.91 Å². The molecular formula is C13H21ClN2OS. The summed E-state index contributed by atoms with van der Waals surface area (Å²) < 4.78 is 0. The highest BCUT2D eigenvalue weighted by Gasteiger charge is 2.32. The monoisotopic (exact) mass is 288 g/mol. The second-order valence-corrected chi connectivity index (χ2v) is 5.76. The number of carbonyl (C=O) groups is 1. The van der Waals surface area contributed by atoms with E-state index in [4.69, 9.17) is 5.73 Å². The van der Waals surface area contributed by atoms with Crippen molar-refractivity contribution in [1.29, 1.82) is 0 Å². The van der Waals surface area contributed by atoms with Crippen molar-refractivity contribution in [1.82, 2.24) is 5.32 Å². The van der Waals surface area contributed by atoms with Crippen molar-refractivity contribution in [3.63, 3.8) is 0 Å². The van der Waals surface area contributed by atoms with Crippen LogP contribution in [0.2, 0.25) is 0 Å². The molecule has 1 aliphatic carbocycles. The second kappa shape index (κ2) is 7.12. The second-order valence-electron chi connectivity index (χ2n) is 4.78. The molecule has 1 saturated carbocycles. The number of carbonyl (C=O) groups excluding carboxylic acids is 1. The highest BCUT2D eigenvalue weighted by atomic mass is 35.5. The molecule has 1 unspecified atom stereocenters. The van der Waals surface area contributed by atoms with Crippen LogP contribution in [-0.2, 0) is 4.79 Å². The zero-order valence-corrected chi connectivity index (χ0v) is 12.2. The quantitative estimate of drug-likeness (QED) is 0.895. The predicted octanol–water partition coefficient (Wildman–Crippen LogP) is 2.72. The Labute approximate surface area is 119 Å². The maximum Gasteiger partial charge on any atom is 0.223 e. The largest absolute Gasteiger partial charge is 0.349 e. The lowest BCUT2D eigenvalue weighted by Gasteiger charge is -2.20. The van der Waals surface area contributed by atoms with Crippen LogP contribution in [0.4, 0.5) is 0 Å². The van der Waals surface area contributed by atoms with Gasteiger partial charge in [-0.05, 0) is 43.7 Å². The fourth-order valence-corrected chi connectivity index (χ4v) is 3.33. The molecule has 0 radical (unpaired) electrons. The van der Waals surface area contributed by atoms with Crippen molar-refractivity contribution < 1.29 is 4.79 Å². The van der Waals surface area contributed by atoms with Crippen LogP contribution in [0, 0.1) is 11.8 Å². The molecule has 1 aliphatic rings. The van der Waals surface area contributed by atoms with Gasteiger partial charge in [0, 0.05) is 10.8 Å². The standard InChI is InChI=1S/C13H20N2OS.ClH/c1-9(12-6-3-7-17-12)15-13(16)11-5-2-4-10(11)8-14;/h3,6-7,9-11H,2,4-5,8,14H2,1H3,(H,15,16);1H/t9?,10-,11-;/m1./s1. The molecule has 1 aromatic heterocycles. The zero-order valence-electron chi connectivity index (χ0n) is 10.6. The van der Waals surface area contributed by atoms with Crippen LogP contribution in [0.25, 0.3) is 0 Å². The van der Waals surface area contributed by atoms with E-state index >= 15 is 0 Å². The Kier molecular flexibility index (Phi) is 6.12. The molecule has 2 rings (SSSR count). The van der Waals surface area contributed by atoms with E-state index in [1.807, 2.05) is 18.4 Å². The third-order valence-electron chi connectivity index (χ3n) is 3.63. The molecule has 102 valence electrons. The molecule has 0 bridgehead atoms. The van der Waals surface area contributed by atoms with Crippen molar-refractivity contribution in [2.45, 2.75) is 32.2 Å². The van der Waals surface area contributed by atoms with Gasteiger partial charge in [0.15, 0.2) is 0 Å². The normalized spacial score (nSPS) is 24.3. The van der Waals surface area contributed by atoms with Gasteiger partial charge in [0.05, 0.1) is 6.04 Å². The van der Waals surface area contributed by atoms with Gasteiger partial charge in [-0.25, -0.2) is 0 Å². The molecule has 1 heterocycles. The summed E-state index contributed by atoms with van der Waals surface area (Å²) in [6.07, 6.45) is 3.22. The highest BCUT2D eigenvalue weighted by Crippen LogP contribution is 2.31. The molecule has 0 aromatic carbocycles. The molecule has 3 nitrogen and oxygen atoms in total. The summed E-state index contributed by atoms with van der Waals surface area (Å²) in [5, 5.41) is 5.14. The lowest BCUT2D eigenvalue weighted by atomic mass is 9.95. The van der Waals surface area contributed by atoms with E-state index < -0.39 is 0 Å². The molecule has 18 heavy (non-hydrogen) atoms. The minimum atomic E-state index is 0. The number of thiophene rings is 1. The summed E-state index contributed by atoms with van der Waals surface area (Å²) in [5.74, 6) is 0.687. The van der Waals surface area contributed by atoms with Crippen LogP contribution in [-0.4, -0.2) is 12.5 Å². The van der Waals surface area contributed by atoms with E-state index in [2.05, 4.69) is 11.4 Å². The van der Waals surface area contributed by atoms with Crippen molar-refractivity contribution in [2.75, 3.05) is 6.54 Å². The Bertz CT molecular complexity index is 369. The van der Waals surface area contributed by atoms with Gasteiger partial charge in [0.1, 0.15) is 0 Å². The summed E-state index contributed by atoms with van der Waals surface area (Å²) in [7, 11) is 0. The van der Waals surface area contributed by atoms with Crippen LogP contribution in [0.5, 0.6) is 0 Å². The molecule has 5 heteroatoms. The first kappa shape index (κ1) is 15.5. The van der Waals surface area contributed by atoms with Crippen molar-refractivity contribution >= 4 is 29.7 Å². The van der Waals surface area contributed by atoms with Gasteiger partial charge in [-0.3, -0.25) is 4.79 Å². The first-order valence-electron chi connectivity index (χ1n) is 6.26. The van der Waals surface area contributed by atoms with E-state index in [-0.39, 0.29) is 30.3 Å². The van der Waals surface area contributed by atoms with E-state index in [0.717, 1.165) is 19.3 Å². The topological polar surface area (TPSA) is 55.1 Å². The Hall–Kier alpha value is -0.580. The van der Waals surface area contributed by atoms with E-state index in [1.165, 1.54) is 4.88 Å². The molecule has 0 aliphatic heterocycles. The molecule has 1 amide bonds. The summed E-state index contributed by atoms with van der Waals surface area (Å²) in [6.45, 7) is 2.67. The number of hydrogen-bond donors (Lipinski definition) is 2. The van der Waals surface area contributed by atoms with E-state index in [0.29, 0.717) is 12.5 Å². The third-order valence-corrected chi connectivity index (χ3v) is 4.68. The van der Waals surface area contributed by atoms with Crippen LogP contribution in [0.3, 0.4) is 0 Å². The van der Waals surface area contributed by atoms with Gasteiger partial charge >= 0.3 is 0 Å². The molecule has 1 fully saturated rings. The molecule has 3 atom stereocenters. The average molecular weight is 289 g/mol. The highest BCUT2D eigenvalue weighted by molar-refractivity contribution is 7.10. The lowest BCUT2D eigenvalue weighted by molar-refractivity contribution is -0.126. The fourth-order valence-electron chi connectivity index (χ4n) is 2.59. The number of halogens is 1. The van der Waals surface area contributed by atoms with Gasteiger partial charge in [-0.1, -0.05) is 12.5 Å². The first-order chi connectivity index (χ1) is 8.22. The van der Waals surface area contributed by atoms with Crippen molar-refractivity contribution in [3.05, 3.63) is 22.4 Å². The molecule has 1 aromatic rings. The number of rotatable bonds is 4. The molecular weight excluding hydrogens is 268 g/mol. The van der Waals surface area contributed by atoms with Gasteiger partial charge in [-0.15, -0.1) is 23.7 Å². The molecule has 0 saturated heterocycles. The predicted molar refractivity (Wildman–Crippen MR) is 78.0 cm³/mol. The summed E-state index contributed by atoms with van der Waals surface area (Å²) in [4.78, 5) is 13.4. The number of nitrogens with two attached hydrogens (primary N) is 1. The minimum Gasteiger partial charge on any atom is -0.349 e. The Morgan fingerprint density at radius 2 is 2.39 bits per heavy atom. The summed E-state index contributed by atoms with van der Waals surface area (Å²) >= 11 is 1.68. The van der Waals surface area contributed by atoms with Crippen LogP contribution in [0.1, 0.15) is 37.1 Å². The number of amides is 1. The maximum absolute atomic E-state index is 12.2. The van der Waals surface area contributed by atoms with Crippen LogP contribution < -0.4 is 11.1 Å². The Balaban J connectivity index is 0.00000162. The maximum atomic E-state index is 12.2. The van der Waals surface area contributed by atoms with Gasteiger partial charge in [-0.2, -0.15) is 0 Å². The average Bonchev–Trinajstić information content (AvgIpc) is 2.99. The molecule has 0 spiro atoms. The van der Waals surface area contributed by atoms with Gasteiger partial charge < -0.3 is 11.1 Å². The Morgan fingerprint density at radius 1 is 1.61 bits per heavy atom. The van der Waals surface area contributed by atoms with Gasteiger partial charge in [0.25, 0.3) is 0 Å². The van der Waals surface area contributed by atoms with Crippen LogP contribution in [0.15, 0.2) is 17.5 Å². The fraction of sp³-hybridized carbons (Fsp3) is 0.615.